The quantitative estimate of drug-likeness (QED) is 0.173. The van der Waals surface area contributed by atoms with Gasteiger partial charge < -0.3 is 19.9 Å². The van der Waals surface area contributed by atoms with E-state index < -0.39 is 11.1 Å². The first-order valence-corrected chi connectivity index (χ1v) is 22.6. The van der Waals surface area contributed by atoms with Crippen LogP contribution in [-0.4, -0.2) is 60.9 Å². The highest BCUT2D eigenvalue weighted by Gasteiger charge is 2.56. The maximum absolute atomic E-state index is 11.8. The Kier molecular flexibility index (Phi) is 17.5. The molecule has 1 aromatic rings. The minimum Gasteiger partial charge on any atom is -0.490 e. The van der Waals surface area contributed by atoms with Gasteiger partial charge in [0.05, 0.1) is 0 Å². The number of rotatable bonds is 5. The van der Waals surface area contributed by atoms with Crippen LogP contribution in [0, 0.1) is 23.7 Å². The predicted octanol–water partition coefficient (Wildman–Crippen LogP) is 10.8. The summed E-state index contributed by atoms with van der Waals surface area (Å²) in [5, 5.41) is 24.0. The highest BCUT2D eigenvalue weighted by atomic mass is 128. The van der Waals surface area contributed by atoms with Gasteiger partial charge in [0.15, 0.2) is 0 Å². The largest absolute Gasteiger partial charge is 0.490 e. The van der Waals surface area contributed by atoms with Crippen LogP contribution < -0.4 is 4.74 Å². The lowest BCUT2D eigenvalue weighted by Gasteiger charge is -2.58. The van der Waals surface area contributed by atoms with Gasteiger partial charge in [-0.25, -0.2) is 4.79 Å². The number of hydrogen-bond donors (Lipinski definition) is 2. The first kappa shape index (κ1) is 45.3. The summed E-state index contributed by atoms with van der Waals surface area (Å²) in [4.78, 5) is 11.8. The van der Waals surface area contributed by atoms with Crippen molar-refractivity contribution in [3.63, 3.8) is 0 Å². The summed E-state index contributed by atoms with van der Waals surface area (Å²) in [5.74, 6) is 0.929. The maximum atomic E-state index is 11.8. The molecule has 3 rings (SSSR count). The van der Waals surface area contributed by atoms with E-state index >= 15 is 0 Å². The van der Waals surface area contributed by atoms with E-state index in [0.717, 1.165) is 16.9 Å². The Morgan fingerprint density at radius 2 is 1.00 bits per heavy atom. The van der Waals surface area contributed by atoms with Gasteiger partial charge >= 0.3 is 5.97 Å². The molecule has 2 N–H and O–H groups in total. The average Bonchev–Trinajstić information content (AvgIpc) is 3.01. The smallest absolute Gasteiger partial charge is 0.333 e. The molecular formula is C37H64I2N2O5. The molecule has 2 aliphatic heterocycles. The molecule has 4 atom stereocenters. The molecule has 0 spiro atoms. The second kappa shape index (κ2) is 17.8. The summed E-state index contributed by atoms with van der Waals surface area (Å²) in [6.07, 6.45) is -0.198. The summed E-state index contributed by atoms with van der Waals surface area (Å²) >= 11 is 4.24. The fourth-order valence-corrected chi connectivity index (χ4v) is 6.34. The van der Waals surface area contributed by atoms with E-state index in [1.54, 1.807) is 6.92 Å². The Balaban J connectivity index is 0.000000807. The third-order valence-electron chi connectivity index (χ3n) is 10.8. The van der Waals surface area contributed by atoms with Crippen molar-refractivity contribution in [2.24, 2.45) is 23.7 Å². The molecule has 2 saturated heterocycles. The molecule has 2 fully saturated rings. The Bertz CT molecular complexity index is 1100. The van der Waals surface area contributed by atoms with Crippen molar-refractivity contribution in [1.29, 1.82) is 0 Å². The predicted molar refractivity (Wildman–Crippen MR) is 210 cm³/mol. The normalized spacial score (nSPS) is 29.2. The van der Waals surface area contributed by atoms with Crippen LogP contribution in [0.5, 0.6) is 5.75 Å². The SMILES string of the molecule is C=C(C)C(=O)OC1C(C)C(C)(C)N(O)C(C)(C)C1C.C=C(C)c1ccc(OC2C(C)C(C)(C)N(O)C(C)(C)C2C)cc1.CC.II. The molecule has 0 saturated carbocycles. The summed E-state index contributed by atoms with van der Waals surface area (Å²) in [5.41, 5.74) is 0.961. The zero-order chi connectivity index (χ0) is 36.7. The molecule has 266 valence electrons. The highest BCUT2D eigenvalue weighted by Crippen LogP contribution is 2.46. The fourth-order valence-electron chi connectivity index (χ4n) is 6.34. The van der Waals surface area contributed by atoms with Gasteiger partial charge in [-0.2, -0.15) is 10.1 Å². The standard InChI is InChI=1S/C20H31NO2.C15H27NO3.C2H6.I2/c1-13(2)16-9-11-17(12-10-16)23-18-14(3)19(5,6)21(22)20(7,8)15(18)4;1-9(2)13(17)19-12-10(3)14(5,6)16(18)15(7,8)11(12)4;2*1-2/h9-12,14-15,18,22H,1H2,2-8H3;10-12,18H,1H2,2-8H3;1-2H3;. The van der Waals surface area contributed by atoms with Gasteiger partial charge in [-0.05, 0) is 86.9 Å². The average molecular weight is 871 g/mol. The highest BCUT2D eigenvalue weighted by molar-refractivity contribution is 15.0. The zero-order valence-electron chi connectivity index (χ0n) is 31.5. The molecule has 0 bridgehead atoms. The van der Waals surface area contributed by atoms with Gasteiger partial charge in [0.2, 0.25) is 0 Å². The molecule has 0 aromatic heterocycles. The zero-order valence-corrected chi connectivity index (χ0v) is 35.8. The Morgan fingerprint density at radius 3 is 1.28 bits per heavy atom. The number of ether oxygens (including phenoxy) is 2. The Labute approximate surface area is 304 Å². The van der Waals surface area contributed by atoms with Crippen LogP contribution in [0.3, 0.4) is 0 Å². The second-order valence-corrected chi connectivity index (χ2v) is 14.9. The van der Waals surface area contributed by atoms with Crippen LogP contribution in [0.15, 0.2) is 43.0 Å². The lowest BCUT2D eigenvalue weighted by molar-refractivity contribution is -0.295. The van der Waals surface area contributed by atoms with E-state index in [9.17, 15) is 15.2 Å². The van der Waals surface area contributed by atoms with Gasteiger partial charge in [-0.3, -0.25) is 0 Å². The van der Waals surface area contributed by atoms with Crippen molar-refractivity contribution in [1.82, 2.24) is 10.1 Å². The molecule has 9 heteroatoms. The summed E-state index contributed by atoms with van der Waals surface area (Å²) < 4.78 is 12.0. The van der Waals surface area contributed by atoms with E-state index in [4.69, 9.17) is 9.47 Å². The fraction of sp³-hybridized carbons (Fsp3) is 0.703. The second-order valence-electron chi connectivity index (χ2n) is 14.9. The van der Waals surface area contributed by atoms with Crippen molar-refractivity contribution in [2.75, 3.05) is 0 Å². The first-order valence-electron chi connectivity index (χ1n) is 16.3. The lowest BCUT2D eigenvalue weighted by Crippen LogP contribution is -2.69. The molecule has 0 aliphatic carbocycles. The number of hydrogen-bond acceptors (Lipinski definition) is 7. The first-order chi connectivity index (χ1) is 20.9. The van der Waals surface area contributed by atoms with E-state index in [0.29, 0.717) is 5.57 Å². The van der Waals surface area contributed by atoms with Gasteiger partial charge in [0.25, 0.3) is 0 Å². The lowest BCUT2D eigenvalue weighted by atomic mass is 9.67. The summed E-state index contributed by atoms with van der Waals surface area (Å²) in [7, 11) is 0. The van der Waals surface area contributed by atoms with Crippen molar-refractivity contribution < 1.29 is 24.7 Å². The summed E-state index contributed by atoms with van der Waals surface area (Å²) in [6, 6.07) is 8.11. The molecule has 0 amide bonds. The Morgan fingerprint density at radius 1 is 0.696 bits per heavy atom. The van der Waals surface area contributed by atoms with Crippen molar-refractivity contribution in [2.45, 2.75) is 145 Å². The number of esters is 1. The summed E-state index contributed by atoms with van der Waals surface area (Å²) in [6.45, 7) is 39.7. The van der Waals surface area contributed by atoms with Crippen LogP contribution in [0.25, 0.3) is 5.57 Å². The molecular weight excluding hydrogens is 806 g/mol. The Hall–Kier alpha value is -0.730. The van der Waals surface area contributed by atoms with Gasteiger partial charge in [0.1, 0.15) is 18.0 Å². The van der Waals surface area contributed by atoms with E-state index in [1.165, 1.54) is 10.1 Å². The number of carbonyl (C=O) groups excluding carboxylic acids is 1. The van der Waals surface area contributed by atoms with E-state index in [2.05, 4.69) is 91.9 Å². The monoisotopic (exact) mass is 870 g/mol. The molecule has 2 heterocycles. The number of halogens is 2. The molecule has 46 heavy (non-hydrogen) atoms. The van der Waals surface area contributed by atoms with Crippen LogP contribution >= 0.6 is 37.2 Å². The molecule has 2 aliphatic rings. The minimum atomic E-state index is -0.462. The van der Waals surface area contributed by atoms with E-state index in [-0.39, 0.29) is 52.9 Å². The van der Waals surface area contributed by atoms with Crippen molar-refractivity contribution in [3.8, 4) is 5.75 Å². The molecule has 4 unspecified atom stereocenters. The maximum Gasteiger partial charge on any atom is 0.333 e. The van der Waals surface area contributed by atoms with Crippen molar-refractivity contribution in [3.05, 3.63) is 48.6 Å². The van der Waals surface area contributed by atoms with E-state index in [1.807, 2.05) is 86.6 Å². The number of benzene rings is 1. The van der Waals surface area contributed by atoms with Crippen LogP contribution in [0.1, 0.15) is 116 Å². The van der Waals surface area contributed by atoms with Gasteiger partial charge in [0, 0.05) is 88.6 Å². The third kappa shape index (κ3) is 9.70. The molecule has 7 nitrogen and oxygen atoms in total. The number of allylic oxidation sites excluding steroid dienone is 1. The molecule has 1 aromatic carbocycles. The van der Waals surface area contributed by atoms with Crippen LogP contribution in [0.2, 0.25) is 0 Å². The molecule has 0 radical (unpaired) electrons. The number of piperidine rings is 2. The minimum absolute atomic E-state index is 0.0174. The number of nitrogens with zero attached hydrogens (tertiary/aromatic N) is 2. The van der Waals surface area contributed by atoms with Gasteiger partial charge in [-0.1, -0.05) is 72.4 Å². The van der Waals surface area contributed by atoms with Crippen LogP contribution in [-0.2, 0) is 9.53 Å². The number of hydroxylamine groups is 4. The topological polar surface area (TPSA) is 82.5 Å². The van der Waals surface area contributed by atoms with Crippen molar-refractivity contribution >= 4 is 48.8 Å². The van der Waals surface area contributed by atoms with Crippen LogP contribution in [0.4, 0.5) is 0 Å². The van der Waals surface area contributed by atoms with Gasteiger partial charge in [-0.15, -0.1) is 0 Å². The third-order valence-corrected chi connectivity index (χ3v) is 10.8. The number of carbonyl (C=O) groups is 1.